The number of nitrogens with zero attached hydrogens (tertiary/aromatic N) is 2. The van der Waals surface area contributed by atoms with Crippen LogP contribution in [0.2, 0.25) is 0 Å². The summed E-state index contributed by atoms with van der Waals surface area (Å²) in [5.41, 5.74) is 2.09. The van der Waals surface area contributed by atoms with Crippen LogP contribution in [0.5, 0.6) is 0 Å². The molecule has 17 heavy (non-hydrogen) atoms. The number of hydrogen-bond donors (Lipinski definition) is 1. The van der Waals surface area contributed by atoms with Gasteiger partial charge in [0.25, 0.3) is 5.91 Å². The van der Waals surface area contributed by atoms with Gasteiger partial charge in [-0.25, -0.2) is 4.98 Å². The summed E-state index contributed by atoms with van der Waals surface area (Å²) in [6.07, 6.45) is 0. The van der Waals surface area contributed by atoms with E-state index in [0.29, 0.717) is 23.6 Å². The largest absolute Gasteiger partial charge is 0.361 e. The molecule has 1 amide bonds. The van der Waals surface area contributed by atoms with E-state index in [1.54, 1.807) is 13.8 Å². The third kappa shape index (κ3) is 2.52. The van der Waals surface area contributed by atoms with Crippen molar-refractivity contribution in [3.63, 3.8) is 0 Å². The van der Waals surface area contributed by atoms with E-state index in [4.69, 9.17) is 4.52 Å². The zero-order valence-electron chi connectivity index (χ0n) is 9.90. The highest BCUT2D eigenvalue weighted by Gasteiger charge is 2.17. The van der Waals surface area contributed by atoms with Crippen molar-refractivity contribution in [2.24, 2.45) is 0 Å². The number of carbonyl (C=O) groups excluding carboxylic acids is 1. The van der Waals surface area contributed by atoms with E-state index >= 15 is 0 Å². The van der Waals surface area contributed by atoms with E-state index in [1.165, 1.54) is 11.3 Å². The molecule has 1 N–H and O–H groups in total. The number of aryl methyl sites for hydroxylation is 3. The molecule has 0 atom stereocenters. The van der Waals surface area contributed by atoms with Crippen molar-refractivity contribution in [1.82, 2.24) is 15.5 Å². The fourth-order valence-electron chi connectivity index (χ4n) is 1.54. The number of hydrogen-bond acceptors (Lipinski definition) is 5. The fraction of sp³-hybridized carbons (Fsp3) is 0.364. The van der Waals surface area contributed by atoms with Crippen LogP contribution in [-0.4, -0.2) is 16.0 Å². The first-order valence-electron chi connectivity index (χ1n) is 5.20. The van der Waals surface area contributed by atoms with E-state index < -0.39 is 0 Å². The highest BCUT2D eigenvalue weighted by Crippen LogP contribution is 2.13. The minimum atomic E-state index is -0.172. The predicted octanol–water partition coefficient (Wildman–Crippen LogP) is 1.99. The molecule has 2 heterocycles. The lowest BCUT2D eigenvalue weighted by Crippen LogP contribution is -2.23. The van der Waals surface area contributed by atoms with Gasteiger partial charge in [-0.15, -0.1) is 11.3 Å². The highest BCUT2D eigenvalue weighted by molar-refractivity contribution is 7.09. The smallest absolute Gasteiger partial charge is 0.257 e. The zero-order chi connectivity index (χ0) is 12.4. The van der Waals surface area contributed by atoms with Crippen molar-refractivity contribution in [3.05, 3.63) is 33.1 Å². The molecule has 2 aromatic heterocycles. The maximum atomic E-state index is 11.9. The van der Waals surface area contributed by atoms with Crippen molar-refractivity contribution in [2.75, 3.05) is 0 Å². The van der Waals surface area contributed by atoms with E-state index in [2.05, 4.69) is 15.5 Å². The second-order valence-electron chi connectivity index (χ2n) is 3.76. The molecule has 0 aliphatic heterocycles. The molecule has 2 aromatic rings. The Morgan fingerprint density at radius 3 is 2.76 bits per heavy atom. The molecule has 0 bridgehead atoms. The Kier molecular flexibility index (Phi) is 3.23. The van der Waals surface area contributed by atoms with Crippen molar-refractivity contribution in [2.45, 2.75) is 27.3 Å². The van der Waals surface area contributed by atoms with Crippen LogP contribution in [0.15, 0.2) is 9.90 Å². The van der Waals surface area contributed by atoms with Gasteiger partial charge in [0.05, 0.1) is 12.2 Å². The summed E-state index contributed by atoms with van der Waals surface area (Å²) in [5, 5.41) is 9.40. The van der Waals surface area contributed by atoms with Gasteiger partial charge in [0, 0.05) is 11.1 Å². The molecule has 0 aliphatic rings. The Morgan fingerprint density at radius 2 is 2.24 bits per heavy atom. The van der Waals surface area contributed by atoms with Crippen molar-refractivity contribution in [1.29, 1.82) is 0 Å². The number of rotatable bonds is 3. The monoisotopic (exact) mass is 251 g/mol. The van der Waals surface area contributed by atoms with Crippen LogP contribution in [0.25, 0.3) is 0 Å². The summed E-state index contributed by atoms with van der Waals surface area (Å²) in [4.78, 5) is 16.2. The summed E-state index contributed by atoms with van der Waals surface area (Å²) in [6, 6.07) is 0. The van der Waals surface area contributed by atoms with Crippen molar-refractivity contribution < 1.29 is 9.32 Å². The standard InChI is InChI=1S/C11H13N3O2S/c1-6-5-17-9(13-6)4-12-11(15)10-7(2)14-16-8(10)3/h5H,4H2,1-3H3,(H,12,15). The van der Waals surface area contributed by atoms with Crippen LogP contribution < -0.4 is 5.32 Å². The number of thiazole rings is 1. The molecule has 0 saturated carbocycles. The van der Waals surface area contributed by atoms with E-state index in [1.807, 2.05) is 12.3 Å². The SMILES string of the molecule is Cc1csc(CNC(=O)c2c(C)noc2C)n1. The third-order valence-corrected chi connectivity index (χ3v) is 3.29. The topological polar surface area (TPSA) is 68.0 Å². The molecule has 0 aromatic carbocycles. The molecule has 2 rings (SSSR count). The van der Waals surface area contributed by atoms with Gasteiger partial charge in [-0.3, -0.25) is 4.79 Å². The Morgan fingerprint density at radius 1 is 1.47 bits per heavy atom. The number of amides is 1. The molecule has 0 saturated heterocycles. The first-order valence-corrected chi connectivity index (χ1v) is 6.08. The van der Waals surface area contributed by atoms with Crippen LogP contribution in [0, 0.1) is 20.8 Å². The van der Waals surface area contributed by atoms with Crippen LogP contribution in [0.4, 0.5) is 0 Å². The van der Waals surface area contributed by atoms with Gasteiger partial charge in [-0.1, -0.05) is 5.16 Å². The number of carbonyl (C=O) groups is 1. The lowest BCUT2D eigenvalue weighted by Gasteiger charge is -2.01. The van der Waals surface area contributed by atoms with Crippen LogP contribution in [0.3, 0.4) is 0 Å². The Hall–Kier alpha value is -1.69. The minimum absolute atomic E-state index is 0.172. The van der Waals surface area contributed by atoms with Gasteiger partial charge in [0.15, 0.2) is 0 Å². The first kappa shape index (κ1) is 11.8. The van der Waals surface area contributed by atoms with Gasteiger partial charge in [-0.2, -0.15) is 0 Å². The molecule has 90 valence electrons. The molecule has 0 aliphatic carbocycles. The molecular weight excluding hydrogens is 238 g/mol. The minimum Gasteiger partial charge on any atom is -0.361 e. The van der Waals surface area contributed by atoms with Crippen LogP contribution in [-0.2, 0) is 6.54 Å². The second kappa shape index (κ2) is 4.67. The third-order valence-electron chi connectivity index (χ3n) is 2.33. The molecular formula is C11H13N3O2S. The van der Waals surface area contributed by atoms with Crippen LogP contribution in [0.1, 0.15) is 32.5 Å². The number of nitrogens with one attached hydrogen (secondary N) is 1. The Bertz CT molecular complexity index is 525. The van der Waals surface area contributed by atoms with E-state index in [0.717, 1.165) is 10.7 Å². The highest BCUT2D eigenvalue weighted by atomic mass is 32.1. The predicted molar refractivity (Wildman–Crippen MR) is 64.0 cm³/mol. The molecule has 0 fully saturated rings. The molecule has 0 spiro atoms. The first-order chi connectivity index (χ1) is 8.08. The van der Waals surface area contributed by atoms with Crippen LogP contribution >= 0.6 is 11.3 Å². The normalized spacial score (nSPS) is 10.5. The molecule has 6 heteroatoms. The van der Waals surface area contributed by atoms with E-state index in [9.17, 15) is 4.79 Å². The quantitative estimate of drug-likeness (QED) is 0.905. The van der Waals surface area contributed by atoms with Gasteiger partial charge in [-0.05, 0) is 20.8 Å². The summed E-state index contributed by atoms with van der Waals surface area (Å²) in [5.74, 6) is 0.365. The van der Waals surface area contributed by atoms with Gasteiger partial charge in [0.1, 0.15) is 16.3 Å². The molecule has 5 nitrogen and oxygen atoms in total. The van der Waals surface area contributed by atoms with Crippen molar-refractivity contribution in [3.8, 4) is 0 Å². The molecule has 0 unspecified atom stereocenters. The summed E-state index contributed by atoms with van der Waals surface area (Å²) in [6.45, 7) is 5.83. The maximum absolute atomic E-state index is 11.9. The second-order valence-corrected chi connectivity index (χ2v) is 4.71. The summed E-state index contributed by atoms with van der Waals surface area (Å²) >= 11 is 1.53. The lowest BCUT2D eigenvalue weighted by atomic mass is 10.2. The maximum Gasteiger partial charge on any atom is 0.257 e. The van der Waals surface area contributed by atoms with E-state index in [-0.39, 0.29) is 5.91 Å². The summed E-state index contributed by atoms with van der Waals surface area (Å²) < 4.78 is 4.95. The van der Waals surface area contributed by atoms with Gasteiger partial charge in [0.2, 0.25) is 0 Å². The average molecular weight is 251 g/mol. The average Bonchev–Trinajstić information content (AvgIpc) is 2.83. The lowest BCUT2D eigenvalue weighted by molar-refractivity contribution is 0.0949. The fourth-order valence-corrected chi connectivity index (χ4v) is 2.25. The Balaban J connectivity index is 2.03. The Labute approximate surface area is 103 Å². The molecule has 0 radical (unpaired) electrons. The van der Waals surface area contributed by atoms with Crippen molar-refractivity contribution >= 4 is 17.2 Å². The zero-order valence-corrected chi connectivity index (χ0v) is 10.7. The summed E-state index contributed by atoms with van der Waals surface area (Å²) in [7, 11) is 0. The van der Waals surface area contributed by atoms with Gasteiger partial charge >= 0.3 is 0 Å². The number of aromatic nitrogens is 2. The van der Waals surface area contributed by atoms with Gasteiger partial charge < -0.3 is 9.84 Å².